The van der Waals surface area contributed by atoms with E-state index in [1.54, 1.807) is 12.1 Å². The van der Waals surface area contributed by atoms with E-state index < -0.39 is 0 Å². The smallest absolute Gasteiger partial charge is 0.220 e. The zero-order valence-electron chi connectivity index (χ0n) is 13.1. The summed E-state index contributed by atoms with van der Waals surface area (Å²) in [5, 5.41) is 0. The molecule has 0 aliphatic carbocycles. The monoisotopic (exact) mass is 331 g/mol. The molecule has 0 aromatic heterocycles. The third kappa shape index (κ3) is 3.76. The van der Waals surface area contributed by atoms with Gasteiger partial charge in [0, 0.05) is 17.8 Å². The summed E-state index contributed by atoms with van der Waals surface area (Å²) in [6, 6.07) is 29.0. The van der Waals surface area contributed by atoms with Gasteiger partial charge < -0.3 is 4.90 Å². The molecule has 3 rings (SSSR count). The number of rotatable bonds is 5. The van der Waals surface area contributed by atoms with Crippen LogP contribution < -0.4 is 4.90 Å². The van der Waals surface area contributed by atoms with Crippen molar-refractivity contribution in [1.29, 1.82) is 0 Å². The van der Waals surface area contributed by atoms with E-state index in [1.165, 1.54) is 0 Å². The van der Waals surface area contributed by atoms with Crippen LogP contribution in [0.15, 0.2) is 91.0 Å². The Kier molecular flexibility index (Phi) is 5.14. The standard InChI is InChI=1S/C21H17NOS/c23-20(18-12-6-2-7-13-18)21(24)22(19-14-8-3-9-15-19)16-17-10-4-1-5-11-17/h1-15H,16H2. The normalized spacial score (nSPS) is 10.2. The van der Waals surface area contributed by atoms with E-state index in [9.17, 15) is 4.79 Å². The van der Waals surface area contributed by atoms with Crippen molar-refractivity contribution in [1.82, 2.24) is 0 Å². The zero-order chi connectivity index (χ0) is 16.8. The molecule has 24 heavy (non-hydrogen) atoms. The van der Waals surface area contributed by atoms with E-state index in [-0.39, 0.29) is 5.78 Å². The van der Waals surface area contributed by atoms with Gasteiger partial charge in [-0.25, -0.2) is 0 Å². The number of anilines is 1. The molecular formula is C21H17NOS. The summed E-state index contributed by atoms with van der Waals surface area (Å²) in [6.45, 7) is 0.558. The Morgan fingerprint density at radius 1 is 0.750 bits per heavy atom. The maximum atomic E-state index is 12.8. The molecule has 0 radical (unpaired) electrons. The minimum atomic E-state index is -0.134. The predicted molar refractivity (Wildman–Crippen MR) is 102 cm³/mol. The third-order valence-corrected chi connectivity index (χ3v) is 4.13. The lowest BCUT2D eigenvalue weighted by Gasteiger charge is -2.25. The average molecular weight is 331 g/mol. The van der Waals surface area contributed by atoms with Crippen molar-refractivity contribution in [2.24, 2.45) is 0 Å². The topological polar surface area (TPSA) is 20.3 Å². The lowest BCUT2D eigenvalue weighted by atomic mass is 10.1. The van der Waals surface area contributed by atoms with Crippen molar-refractivity contribution in [2.75, 3.05) is 4.90 Å². The number of ketones is 1. The number of carbonyl (C=O) groups is 1. The molecule has 3 heteroatoms. The SMILES string of the molecule is O=C(C(=S)N(Cc1ccccc1)c1ccccc1)c1ccccc1. The quantitative estimate of drug-likeness (QED) is 0.490. The van der Waals surface area contributed by atoms with E-state index in [0.717, 1.165) is 11.3 Å². The van der Waals surface area contributed by atoms with Gasteiger partial charge in [-0.15, -0.1) is 0 Å². The average Bonchev–Trinajstić information content (AvgIpc) is 2.67. The summed E-state index contributed by atoms with van der Waals surface area (Å²) in [5.74, 6) is -0.134. The largest absolute Gasteiger partial charge is 0.325 e. The Labute approximate surface area is 147 Å². The van der Waals surface area contributed by atoms with Crippen LogP contribution in [-0.4, -0.2) is 10.8 Å². The van der Waals surface area contributed by atoms with E-state index in [0.29, 0.717) is 17.1 Å². The van der Waals surface area contributed by atoms with Gasteiger partial charge in [-0.05, 0) is 17.7 Å². The highest BCUT2D eigenvalue weighted by atomic mass is 32.1. The van der Waals surface area contributed by atoms with Crippen molar-refractivity contribution < 1.29 is 4.79 Å². The molecule has 2 nitrogen and oxygen atoms in total. The van der Waals surface area contributed by atoms with Crippen LogP contribution in [0.3, 0.4) is 0 Å². The molecule has 0 atom stereocenters. The van der Waals surface area contributed by atoms with Gasteiger partial charge >= 0.3 is 0 Å². The summed E-state index contributed by atoms with van der Waals surface area (Å²) >= 11 is 5.54. The number of Topliss-reactive ketones (excluding diaryl/α,β-unsaturated/α-hetero) is 1. The molecular weight excluding hydrogens is 314 g/mol. The van der Waals surface area contributed by atoms with E-state index >= 15 is 0 Å². The van der Waals surface area contributed by atoms with Crippen molar-refractivity contribution in [3.8, 4) is 0 Å². The number of hydrogen-bond acceptors (Lipinski definition) is 2. The summed E-state index contributed by atoms with van der Waals surface area (Å²) in [5.41, 5.74) is 2.62. The van der Waals surface area contributed by atoms with Gasteiger partial charge in [-0.3, -0.25) is 4.79 Å². The van der Waals surface area contributed by atoms with Gasteiger partial charge in [0.1, 0.15) is 0 Å². The van der Waals surface area contributed by atoms with Crippen LogP contribution in [-0.2, 0) is 6.54 Å². The number of para-hydroxylation sites is 1. The number of nitrogens with zero attached hydrogens (tertiary/aromatic N) is 1. The fourth-order valence-corrected chi connectivity index (χ4v) is 2.78. The first-order valence-corrected chi connectivity index (χ1v) is 8.17. The van der Waals surface area contributed by atoms with Crippen LogP contribution in [0, 0.1) is 0 Å². The van der Waals surface area contributed by atoms with Crippen LogP contribution >= 0.6 is 12.2 Å². The third-order valence-electron chi connectivity index (χ3n) is 3.73. The summed E-state index contributed by atoms with van der Waals surface area (Å²) < 4.78 is 0. The molecule has 0 N–H and O–H groups in total. The highest BCUT2D eigenvalue weighted by Crippen LogP contribution is 2.19. The van der Waals surface area contributed by atoms with Crippen molar-refractivity contribution in [3.05, 3.63) is 102 Å². The van der Waals surface area contributed by atoms with Gasteiger partial charge in [0.15, 0.2) is 4.99 Å². The second-order valence-corrected chi connectivity index (χ2v) is 5.79. The molecule has 3 aromatic rings. The molecule has 3 aromatic carbocycles. The Morgan fingerprint density at radius 2 is 1.25 bits per heavy atom. The Morgan fingerprint density at radius 3 is 1.83 bits per heavy atom. The molecule has 0 saturated heterocycles. The minimum Gasteiger partial charge on any atom is -0.325 e. The second kappa shape index (κ2) is 7.66. The van der Waals surface area contributed by atoms with Gasteiger partial charge in [0.2, 0.25) is 5.78 Å². The van der Waals surface area contributed by atoms with Gasteiger partial charge in [-0.2, -0.15) is 0 Å². The molecule has 0 heterocycles. The maximum Gasteiger partial charge on any atom is 0.220 e. The van der Waals surface area contributed by atoms with Gasteiger partial charge in [0.05, 0.1) is 0 Å². The van der Waals surface area contributed by atoms with Crippen molar-refractivity contribution in [2.45, 2.75) is 6.54 Å². The number of benzene rings is 3. The molecule has 118 valence electrons. The first kappa shape index (κ1) is 16.1. The van der Waals surface area contributed by atoms with Crippen molar-refractivity contribution >= 4 is 28.7 Å². The first-order chi connectivity index (χ1) is 11.8. The second-order valence-electron chi connectivity index (χ2n) is 5.41. The fourth-order valence-electron chi connectivity index (χ4n) is 2.49. The van der Waals surface area contributed by atoms with Crippen LogP contribution in [0.5, 0.6) is 0 Å². The lowest BCUT2D eigenvalue weighted by Crippen LogP contribution is -2.34. The molecule has 0 fully saturated rings. The van der Waals surface area contributed by atoms with Gasteiger partial charge in [-0.1, -0.05) is 91.1 Å². The number of hydrogen-bond donors (Lipinski definition) is 0. The number of carbonyl (C=O) groups excluding carboxylic acids is 1. The van der Waals surface area contributed by atoms with Crippen LogP contribution in [0.2, 0.25) is 0 Å². The number of thiocarbonyl (C=S) groups is 1. The molecule has 0 saturated carbocycles. The summed E-state index contributed by atoms with van der Waals surface area (Å²) in [6.07, 6.45) is 0. The van der Waals surface area contributed by atoms with E-state index in [2.05, 4.69) is 0 Å². The Balaban J connectivity index is 1.92. The molecule has 0 bridgehead atoms. The highest BCUT2D eigenvalue weighted by Gasteiger charge is 2.20. The lowest BCUT2D eigenvalue weighted by molar-refractivity contribution is 0.106. The van der Waals surface area contributed by atoms with Crippen molar-refractivity contribution in [3.63, 3.8) is 0 Å². The fraction of sp³-hybridized carbons (Fsp3) is 0.0476. The molecule has 0 aliphatic rings. The van der Waals surface area contributed by atoms with E-state index in [4.69, 9.17) is 12.2 Å². The molecule has 0 aliphatic heterocycles. The van der Waals surface area contributed by atoms with Crippen LogP contribution in [0.1, 0.15) is 15.9 Å². The highest BCUT2D eigenvalue weighted by molar-refractivity contribution is 7.82. The maximum absolute atomic E-state index is 12.8. The zero-order valence-corrected chi connectivity index (χ0v) is 13.9. The minimum absolute atomic E-state index is 0.134. The van der Waals surface area contributed by atoms with Crippen LogP contribution in [0.4, 0.5) is 5.69 Å². The summed E-state index contributed by atoms with van der Waals surface area (Å²) in [4.78, 5) is 15.0. The van der Waals surface area contributed by atoms with E-state index in [1.807, 2.05) is 83.8 Å². The van der Waals surface area contributed by atoms with Gasteiger partial charge in [0.25, 0.3) is 0 Å². The summed E-state index contributed by atoms with van der Waals surface area (Å²) in [7, 11) is 0. The predicted octanol–water partition coefficient (Wildman–Crippen LogP) is 4.90. The van der Waals surface area contributed by atoms with Crippen LogP contribution in [0.25, 0.3) is 0 Å². The molecule has 0 unspecified atom stereocenters. The molecule has 0 amide bonds. The first-order valence-electron chi connectivity index (χ1n) is 7.76. The molecule has 0 spiro atoms. The Hall–Kier alpha value is -2.78. The Bertz CT molecular complexity index is 816.